The van der Waals surface area contributed by atoms with Crippen LogP contribution in [0.1, 0.15) is 32.4 Å². The summed E-state index contributed by atoms with van der Waals surface area (Å²) in [4.78, 5) is 13.0. The summed E-state index contributed by atoms with van der Waals surface area (Å²) in [6.45, 7) is 9.59. The maximum Gasteiger partial charge on any atom is 0.273 e. The zero-order valence-corrected chi connectivity index (χ0v) is 14.1. The van der Waals surface area contributed by atoms with Crippen LogP contribution in [-0.4, -0.2) is 48.2 Å². The van der Waals surface area contributed by atoms with E-state index in [4.69, 9.17) is 4.74 Å². The molecular formula is C16H25N3O4. The number of hydrogen-bond donors (Lipinski definition) is 2. The molecule has 2 rings (SSSR count). The van der Waals surface area contributed by atoms with Gasteiger partial charge in [-0.1, -0.05) is 20.8 Å². The van der Waals surface area contributed by atoms with Gasteiger partial charge in [-0.25, -0.2) is 0 Å². The lowest BCUT2D eigenvalue weighted by Crippen LogP contribution is -2.48. The average Bonchev–Trinajstić information content (AvgIpc) is 2.48. The smallest absolute Gasteiger partial charge is 0.273 e. The Hall–Kier alpha value is -1.86. The average molecular weight is 323 g/mol. The van der Waals surface area contributed by atoms with E-state index in [1.54, 1.807) is 0 Å². The van der Waals surface area contributed by atoms with Gasteiger partial charge in [0, 0.05) is 43.9 Å². The zero-order valence-electron chi connectivity index (χ0n) is 14.1. The zero-order chi connectivity index (χ0) is 17.2. The summed E-state index contributed by atoms with van der Waals surface area (Å²) >= 11 is 0. The SMILES string of the molecule is COc1cc([N+](=O)[O-])cc([C@H](N2CCNCC2)C(C)(C)C)c1O. The van der Waals surface area contributed by atoms with Crippen molar-refractivity contribution in [1.29, 1.82) is 0 Å². The third kappa shape index (κ3) is 3.73. The number of phenolic OH excluding ortho intramolecular Hbond substituents is 1. The van der Waals surface area contributed by atoms with Gasteiger partial charge in [0.05, 0.1) is 18.1 Å². The van der Waals surface area contributed by atoms with Crippen LogP contribution in [-0.2, 0) is 0 Å². The number of hydrogen-bond acceptors (Lipinski definition) is 6. The Morgan fingerprint density at radius 3 is 2.43 bits per heavy atom. The standard InChI is InChI=1S/C16H25N3O4/c1-16(2,3)15(18-7-5-17-6-8-18)12-9-11(19(21)22)10-13(23-4)14(12)20/h9-10,15,17,20H,5-8H2,1-4H3/t15-/m0/s1. The predicted octanol–water partition coefficient (Wildman–Crippen LogP) is 2.30. The number of piperazine rings is 1. The van der Waals surface area contributed by atoms with Crippen molar-refractivity contribution in [2.24, 2.45) is 5.41 Å². The van der Waals surface area contributed by atoms with Gasteiger partial charge in [0.25, 0.3) is 5.69 Å². The number of nitrogens with zero attached hydrogens (tertiary/aromatic N) is 2. The van der Waals surface area contributed by atoms with E-state index in [2.05, 4.69) is 31.0 Å². The minimum absolute atomic E-state index is 0.0171. The van der Waals surface area contributed by atoms with Crippen LogP contribution >= 0.6 is 0 Å². The third-order valence-corrected chi connectivity index (χ3v) is 4.15. The molecule has 0 aromatic heterocycles. The van der Waals surface area contributed by atoms with Crippen molar-refractivity contribution in [1.82, 2.24) is 10.2 Å². The second kappa shape index (κ2) is 6.72. The van der Waals surface area contributed by atoms with E-state index in [0.717, 1.165) is 26.2 Å². The Balaban J connectivity index is 2.57. The number of ether oxygens (including phenoxy) is 1. The van der Waals surface area contributed by atoms with Gasteiger partial charge in [-0.3, -0.25) is 15.0 Å². The number of aromatic hydroxyl groups is 1. The second-order valence-corrected chi connectivity index (χ2v) is 6.90. The van der Waals surface area contributed by atoms with Crippen LogP contribution < -0.4 is 10.1 Å². The first-order valence-corrected chi connectivity index (χ1v) is 7.75. The molecule has 0 spiro atoms. The minimum Gasteiger partial charge on any atom is -0.504 e. The van der Waals surface area contributed by atoms with Gasteiger partial charge in [-0.2, -0.15) is 0 Å². The molecule has 1 fully saturated rings. The molecule has 0 radical (unpaired) electrons. The number of non-ortho nitro benzene ring substituents is 1. The van der Waals surface area contributed by atoms with Gasteiger partial charge in [0.15, 0.2) is 11.5 Å². The van der Waals surface area contributed by atoms with Crippen LogP contribution in [0.2, 0.25) is 0 Å². The molecule has 1 aromatic carbocycles. The van der Waals surface area contributed by atoms with Crippen molar-refractivity contribution < 1.29 is 14.8 Å². The largest absolute Gasteiger partial charge is 0.504 e. The van der Waals surface area contributed by atoms with Crippen molar-refractivity contribution >= 4 is 5.69 Å². The highest BCUT2D eigenvalue weighted by Gasteiger charge is 2.36. The topological polar surface area (TPSA) is 87.9 Å². The minimum atomic E-state index is -0.455. The Morgan fingerprint density at radius 1 is 1.35 bits per heavy atom. The normalized spacial score (nSPS) is 17.7. The number of nitro groups is 1. The lowest BCUT2D eigenvalue weighted by molar-refractivity contribution is -0.385. The molecule has 128 valence electrons. The van der Waals surface area contributed by atoms with Gasteiger partial charge in [0.1, 0.15) is 0 Å². The fourth-order valence-electron chi connectivity index (χ4n) is 3.23. The van der Waals surface area contributed by atoms with E-state index in [1.165, 1.54) is 19.2 Å². The van der Waals surface area contributed by atoms with Crippen molar-refractivity contribution in [3.05, 3.63) is 27.8 Å². The van der Waals surface area contributed by atoms with Crippen LogP contribution in [0.5, 0.6) is 11.5 Å². The molecular weight excluding hydrogens is 298 g/mol. The van der Waals surface area contributed by atoms with Gasteiger partial charge in [-0.05, 0) is 5.41 Å². The highest BCUT2D eigenvalue weighted by molar-refractivity contribution is 5.55. The summed E-state index contributed by atoms with van der Waals surface area (Å²) in [6, 6.07) is 2.59. The van der Waals surface area contributed by atoms with Crippen molar-refractivity contribution in [3.63, 3.8) is 0 Å². The number of nitro benzene ring substituents is 1. The summed E-state index contributed by atoms with van der Waals surface area (Å²) in [5, 5.41) is 25.1. The molecule has 7 heteroatoms. The third-order valence-electron chi connectivity index (χ3n) is 4.15. The molecule has 23 heavy (non-hydrogen) atoms. The first kappa shape index (κ1) is 17.5. The number of rotatable bonds is 4. The summed E-state index contributed by atoms with van der Waals surface area (Å²) in [6.07, 6.45) is 0. The molecule has 0 saturated carbocycles. The van der Waals surface area contributed by atoms with Crippen molar-refractivity contribution in [2.75, 3.05) is 33.3 Å². The monoisotopic (exact) mass is 323 g/mol. The molecule has 1 saturated heterocycles. The first-order chi connectivity index (χ1) is 10.8. The number of nitrogens with one attached hydrogen (secondary N) is 1. The van der Waals surface area contributed by atoms with Gasteiger partial charge in [0.2, 0.25) is 0 Å². The van der Waals surface area contributed by atoms with E-state index in [1.807, 2.05) is 0 Å². The first-order valence-electron chi connectivity index (χ1n) is 7.75. The van der Waals surface area contributed by atoms with Gasteiger partial charge >= 0.3 is 0 Å². The summed E-state index contributed by atoms with van der Waals surface area (Å²) < 4.78 is 5.14. The lowest BCUT2D eigenvalue weighted by atomic mass is 9.80. The van der Waals surface area contributed by atoms with Gasteiger partial charge in [-0.15, -0.1) is 0 Å². The molecule has 1 atom stereocenters. The molecule has 1 aliphatic heterocycles. The summed E-state index contributed by atoms with van der Waals surface area (Å²) in [5.74, 6) is 0.121. The lowest BCUT2D eigenvalue weighted by Gasteiger charge is -2.42. The molecule has 0 amide bonds. The van der Waals surface area contributed by atoms with Crippen LogP contribution in [0.15, 0.2) is 12.1 Å². The Bertz CT molecular complexity index is 577. The number of methoxy groups -OCH3 is 1. The van der Waals surface area contributed by atoms with Crippen LogP contribution in [0.4, 0.5) is 5.69 Å². The molecule has 7 nitrogen and oxygen atoms in total. The fraction of sp³-hybridized carbons (Fsp3) is 0.625. The second-order valence-electron chi connectivity index (χ2n) is 6.90. The quantitative estimate of drug-likeness (QED) is 0.653. The molecule has 1 aromatic rings. The predicted molar refractivity (Wildman–Crippen MR) is 88.0 cm³/mol. The van der Waals surface area contributed by atoms with Crippen LogP contribution in [0.25, 0.3) is 0 Å². The van der Waals surface area contributed by atoms with Crippen molar-refractivity contribution in [2.45, 2.75) is 26.8 Å². The fourth-order valence-corrected chi connectivity index (χ4v) is 3.23. The van der Waals surface area contributed by atoms with Crippen LogP contribution in [0, 0.1) is 15.5 Å². The summed E-state index contributed by atoms with van der Waals surface area (Å²) in [5.41, 5.74) is 0.277. The number of phenols is 1. The van der Waals surface area contributed by atoms with E-state index < -0.39 is 4.92 Å². The van der Waals surface area contributed by atoms with E-state index in [0.29, 0.717) is 5.56 Å². The maximum absolute atomic E-state index is 11.2. The van der Waals surface area contributed by atoms with Gasteiger partial charge < -0.3 is 15.2 Å². The molecule has 0 aliphatic carbocycles. The molecule has 1 heterocycles. The molecule has 0 bridgehead atoms. The van der Waals surface area contributed by atoms with E-state index >= 15 is 0 Å². The highest BCUT2D eigenvalue weighted by Crippen LogP contribution is 2.46. The molecule has 2 N–H and O–H groups in total. The number of benzene rings is 1. The Kier molecular flexibility index (Phi) is 5.11. The van der Waals surface area contributed by atoms with E-state index in [9.17, 15) is 15.2 Å². The maximum atomic E-state index is 11.2. The van der Waals surface area contributed by atoms with Crippen molar-refractivity contribution in [3.8, 4) is 11.5 Å². The molecule has 1 aliphatic rings. The Labute approximate surface area is 136 Å². The Morgan fingerprint density at radius 2 is 1.96 bits per heavy atom. The highest BCUT2D eigenvalue weighted by atomic mass is 16.6. The summed E-state index contributed by atoms with van der Waals surface area (Å²) in [7, 11) is 1.40. The van der Waals surface area contributed by atoms with E-state index in [-0.39, 0.29) is 28.6 Å². The molecule has 0 unspecified atom stereocenters. The van der Waals surface area contributed by atoms with Crippen LogP contribution in [0.3, 0.4) is 0 Å².